The smallest absolute Gasteiger partial charge is 0.259 e. The second kappa shape index (κ2) is 10.4. The van der Waals surface area contributed by atoms with Crippen LogP contribution in [0.15, 0.2) is 48.8 Å². The van der Waals surface area contributed by atoms with E-state index in [4.69, 9.17) is 16.3 Å². The highest BCUT2D eigenvalue weighted by Gasteiger charge is 2.46. The number of Topliss-reactive ketones (excluding diaryl/α,β-unsaturated/α-hetero) is 1. The lowest BCUT2D eigenvalue weighted by molar-refractivity contribution is -0.733. The molecule has 0 radical (unpaired) electrons. The standard InChI is InChI=1S/C24H31ClN3O3/c1-4-26(2)23(30)19-10-9-15-28(16-19)18-31-17-27(3)24(14-8-7-13-22(24)29)20-11-5-6-12-21(20)25/h5-6,9-12,15-16H,4,7-8,13-14,17-18H2,1-3H3/q+1. The van der Waals surface area contributed by atoms with Crippen molar-refractivity contribution in [3.05, 3.63) is 64.9 Å². The first kappa shape index (κ1) is 23.4. The molecule has 1 aromatic heterocycles. The molecule has 0 N–H and O–H groups in total. The Kier molecular flexibility index (Phi) is 7.81. The van der Waals surface area contributed by atoms with Crippen molar-refractivity contribution in [2.75, 3.05) is 27.4 Å². The maximum Gasteiger partial charge on any atom is 0.259 e. The predicted molar refractivity (Wildman–Crippen MR) is 120 cm³/mol. The first-order valence-corrected chi connectivity index (χ1v) is 11.1. The molecule has 1 aromatic carbocycles. The Bertz CT molecular complexity index is 936. The molecule has 0 bridgehead atoms. The van der Waals surface area contributed by atoms with Gasteiger partial charge in [0.05, 0.1) is 0 Å². The third kappa shape index (κ3) is 4.97. The summed E-state index contributed by atoms with van der Waals surface area (Å²) < 4.78 is 7.79. The van der Waals surface area contributed by atoms with Crippen molar-refractivity contribution in [1.29, 1.82) is 0 Å². The van der Waals surface area contributed by atoms with Gasteiger partial charge < -0.3 is 9.64 Å². The van der Waals surface area contributed by atoms with Gasteiger partial charge in [-0.1, -0.05) is 36.2 Å². The van der Waals surface area contributed by atoms with Gasteiger partial charge in [-0.3, -0.25) is 14.5 Å². The summed E-state index contributed by atoms with van der Waals surface area (Å²) in [6.45, 7) is 3.12. The van der Waals surface area contributed by atoms with Gasteiger partial charge in [-0.05, 0) is 44.5 Å². The number of aromatic nitrogens is 1. The van der Waals surface area contributed by atoms with E-state index < -0.39 is 5.54 Å². The minimum Gasteiger partial charge on any atom is -0.342 e. The van der Waals surface area contributed by atoms with E-state index in [9.17, 15) is 9.59 Å². The van der Waals surface area contributed by atoms with E-state index in [2.05, 4.69) is 0 Å². The van der Waals surface area contributed by atoms with Crippen molar-refractivity contribution in [3.63, 3.8) is 0 Å². The van der Waals surface area contributed by atoms with Crippen LogP contribution in [0.3, 0.4) is 0 Å². The van der Waals surface area contributed by atoms with Gasteiger partial charge in [-0.25, -0.2) is 0 Å². The Hall–Kier alpha value is -2.28. The molecule has 0 spiro atoms. The lowest BCUT2D eigenvalue weighted by Gasteiger charge is -2.43. The second-order valence-corrected chi connectivity index (χ2v) is 8.46. The van der Waals surface area contributed by atoms with Gasteiger partial charge in [0.2, 0.25) is 0 Å². The Labute approximate surface area is 189 Å². The number of amides is 1. The zero-order valence-corrected chi connectivity index (χ0v) is 19.3. The molecule has 3 rings (SSSR count). The summed E-state index contributed by atoms with van der Waals surface area (Å²) in [5.41, 5.74) is 0.678. The van der Waals surface area contributed by atoms with Crippen molar-refractivity contribution in [1.82, 2.24) is 9.80 Å². The molecule has 1 amide bonds. The molecule has 1 saturated carbocycles. The van der Waals surface area contributed by atoms with E-state index in [-0.39, 0.29) is 25.2 Å². The molecule has 31 heavy (non-hydrogen) atoms. The number of pyridine rings is 1. The third-order valence-electron chi connectivity index (χ3n) is 6.08. The molecule has 1 aliphatic carbocycles. The molecule has 166 valence electrons. The SMILES string of the molecule is CCN(C)C(=O)c1ccc[n+](COCN(C)C2(c3ccccc3Cl)CCCCC2=O)c1. The Morgan fingerprint density at radius 1 is 1.19 bits per heavy atom. The van der Waals surface area contributed by atoms with Crippen molar-refractivity contribution in [2.24, 2.45) is 0 Å². The van der Waals surface area contributed by atoms with Crippen LogP contribution in [0.1, 0.15) is 48.5 Å². The maximum absolute atomic E-state index is 13.2. The number of benzene rings is 1. The number of hydrogen-bond acceptors (Lipinski definition) is 4. The van der Waals surface area contributed by atoms with Crippen LogP contribution in [0, 0.1) is 0 Å². The average molecular weight is 445 g/mol. The summed E-state index contributed by atoms with van der Waals surface area (Å²) in [6.07, 6.45) is 6.77. The van der Waals surface area contributed by atoms with Crippen LogP contribution >= 0.6 is 11.6 Å². The van der Waals surface area contributed by atoms with Crippen LogP contribution in [0.25, 0.3) is 0 Å². The Morgan fingerprint density at radius 3 is 2.68 bits per heavy atom. The second-order valence-electron chi connectivity index (χ2n) is 8.06. The quantitative estimate of drug-likeness (QED) is 0.461. The van der Waals surface area contributed by atoms with Crippen LogP contribution < -0.4 is 4.57 Å². The van der Waals surface area contributed by atoms with Gasteiger partial charge in [0.25, 0.3) is 12.6 Å². The van der Waals surface area contributed by atoms with Gasteiger partial charge in [-0.15, -0.1) is 0 Å². The Balaban J connectivity index is 1.73. The topological polar surface area (TPSA) is 53.7 Å². The summed E-state index contributed by atoms with van der Waals surface area (Å²) in [5.74, 6) is 0.153. The normalized spacial score (nSPS) is 18.9. The molecule has 1 aliphatic rings. The first-order chi connectivity index (χ1) is 14.9. The van der Waals surface area contributed by atoms with Gasteiger partial charge in [-0.2, -0.15) is 4.57 Å². The first-order valence-electron chi connectivity index (χ1n) is 10.7. The molecule has 0 saturated heterocycles. The number of likely N-dealkylation sites (N-methyl/N-ethyl adjacent to an activating group) is 1. The van der Waals surface area contributed by atoms with Crippen LogP contribution in [-0.4, -0.2) is 48.9 Å². The number of carbonyl (C=O) groups is 2. The highest BCUT2D eigenvalue weighted by Crippen LogP contribution is 2.42. The molecule has 2 aromatic rings. The van der Waals surface area contributed by atoms with Gasteiger partial charge in [0.15, 0.2) is 18.2 Å². The summed E-state index contributed by atoms with van der Waals surface area (Å²) >= 11 is 6.51. The maximum atomic E-state index is 13.2. The van der Waals surface area contributed by atoms with Crippen molar-refractivity contribution < 1.29 is 18.9 Å². The average Bonchev–Trinajstić information content (AvgIpc) is 2.79. The lowest BCUT2D eigenvalue weighted by atomic mass is 9.74. The highest BCUT2D eigenvalue weighted by atomic mass is 35.5. The van der Waals surface area contributed by atoms with Crippen LogP contribution in [0.5, 0.6) is 0 Å². The monoisotopic (exact) mass is 444 g/mol. The molecular formula is C24H31ClN3O3+. The predicted octanol–water partition coefficient (Wildman–Crippen LogP) is 3.62. The largest absolute Gasteiger partial charge is 0.342 e. The van der Waals surface area contributed by atoms with Gasteiger partial charge in [0, 0.05) is 31.1 Å². The molecular weight excluding hydrogens is 414 g/mol. The van der Waals surface area contributed by atoms with Crippen molar-refractivity contribution in [3.8, 4) is 0 Å². The van der Waals surface area contributed by atoms with Gasteiger partial charge >= 0.3 is 0 Å². The number of halogens is 1. The number of rotatable bonds is 8. The molecule has 0 aliphatic heterocycles. The van der Waals surface area contributed by atoms with E-state index in [0.29, 0.717) is 23.6 Å². The zero-order valence-electron chi connectivity index (χ0n) is 18.5. The van der Waals surface area contributed by atoms with Gasteiger partial charge in [0.1, 0.15) is 17.8 Å². The summed E-state index contributed by atoms with van der Waals surface area (Å²) in [7, 11) is 3.69. The third-order valence-corrected chi connectivity index (χ3v) is 6.41. The van der Waals surface area contributed by atoms with E-state index in [0.717, 1.165) is 24.8 Å². The summed E-state index contributed by atoms with van der Waals surface area (Å²) in [5, 5.41) is 0.602. The minimum atomic E-state index is -0.775. The van der Waals surface area contributed by atoms with E-state index >= 15 is 0 Å². The number of ketones is 1. The van der Waals surface area contributed by atoms with Crippen molar-refractivity contribution in [2.45, 2.75) is 44.9 Å². The highest BCUT2D eigenvalue weighted by molar-refractivity contribution is 6.31. The van der Waals surface area contributed by atoms with E-state index in [1.807, 2.05) is 60.0 Å². The molecule has 7 heteroatoms. The van der Waals surface area contributed by atoms with Crippen LogP contribution in [0.2, 0.25) is 5.02 Å². The van der Waals surface area contributed by atoms with Crippen LogP contribution in [-0.2, 0) is 21.8 Å². The van der Waals surface area contributed by atoms with E-state index in [1.54, 1.807) is 24.2 Å². The van der Waals surface area contributed by atoms with E-state index in [1.165, 1.54) is 0 Å². The number of ether oxygens (including phenoxy) is 1. The van der Waals surface area contributed by atoms with Crippen LogP contribution in [0.4, 0.5) is 0 Å². The fourth-order valence-corrected chi connectivity index (χ4v) is 4.48. The fraction of sp³-hybridized carbons (Fsp3) is 0.458. The number of hydrogen-bond donors (Lipinski definition) is 0. The summed E-state index contributed by atoms with van der Waals surface area (Å²) in [4.78, 5) is 29.2. The molecule has 1 atom stereocenters. The number of carbonyl (C=O) groups excluding carboxylic acids is 2. The zero-order chi connectivity index (χ0) is 22.4. The number of nitrogens with zero attached hydrogens (tertiary/aromatic N) is 3. The molecule has 6 nitrogen and oxygen atoms in total. The Morgan fingerprint density at radius 2 is 1.97 bits per heavy atom. The molecule has 1 fully saturated rings. The minimum absolute atomic E-state index is 0.0283. The van der Waals surface area contributed by atoms with Crippen molar-refractivity contribution >= 4 is 23.3 Å². The molecule has 1 heterocycles. The fourth-order valence-electron chi connectivity index (χ4n) is 4.19. The summed E-state index contributed by atoms with van der Waals surface area (Å²) in [6, 6.07) is 11.2. The molecule has 1 unspecified atom stereocenters. The lowest BCUT2D eigenvalue weighted by Crippen LogP contribution is -2.53.